The summed E-state index contributed by atoms with van der Waals surface area (Å²) in [6, 6.07) is 16.6. The lowest BCUT2D eigenvalue weighted by molar-refractivity contribution is 0.123. The third-order valence-electron chi connectivity index (χ3n) is 5.81. The molecule has 0 saturated carbocycles. The lowest BCUT2D eigenvalue weighted by Crippen LogP contribution is -2.37. The maximum Gasteiger partial charge on any atom is 0.295 e. The molecule has 0 spiro atoms. The average Bonchev–Trinajstić information content (AvgIpc) is 3.15. The first-order valence-corrected chi connectivity index (χ1v) is 11.6. The van der Waals surface area contributed by atoms with E-state index in [-0.39, 0.29) is 12.0 Å². The quantitative estimate of drug-likeness (QED) is 0.392. The van der Waals surface area contributed by atoms with E-state index in [1.165, 1.54) is 0 Å². The number of benzene rings is 2. The standard InChI is InChI=1S/C26H38N4O2/c1-18(2)14-21(16-24(31)22(27)15-19-8-6-5-7-9-19)20-10-11-23-25(17-20)32-26(29-23)28-12-13-30(3)4/h5-11,17-18,21-22,24,31H,12-16,27H2,1-4H3,(H,28,29)/t21?,22-,24+/m0/s1. The van der Waals surface area contributed by atoms with Crippen molar-refractivity contribution in [2.75, 3.05) is 32.5 Å². The van der Waals surface area contributed by atoms with Crippen LogP contribution in [0.15, 0.2) is 52.9 Å². The van der Waals surface area contributed by atoms with E-state index in [0.29, 0.717) is 24.8 Å². The highest BCUT2D eigenvalue weighted by molar-refractivity contribution is 5.75. The van der Waals surface area contributed by atoms with E-state index in [4.69, 9.17) is 10.2 Å². The van der Waals surface area contributed by atoms with Gasteiger partial charge in [0.25, 0.3) is 6.01 Å². The fraction of sp³-hybridized carbons (Fsp3) is 0.500. The average molecular weight is 439 g/mol. The van der Waals surface area contributed by atoms with Gasteiger partial charge < -0.3 is 25.5 Å². The van der Waals surface area contributed by atoms with E-state index < -0.39 is 6.10 Å². The Labute approximate surface area is 191 Å². The van der Waals surface area contributed by atoms with Gasteiger partial charge in [0.15, 0.2) is 5.58 Å². The molecule has 32 heavy (non-hydrogen) atoms. The van der Waals surface area contributed by atoms with Crippen molar-refractivity contribution in [2.24, 2.45) is 11.7 Å². The maximum absolute atomic E-state index is 10.9. The van der Waals surface area contributed by atoms with Crippen molar-refractivity contribution in [2.45, 2.75) is 51.2 Å². The van der Waals surface area contributed by atoms with Crippen LogP contribution in [0, 0.1) is 5.92 Å². The third-order valence-corrected chi connectivity index (χ3v) is 5.81. The monoisotopic (exact) mass is 438 g/mol. The molecule has 3 rings (SSSR count). The number of nitrogens with one attached hydrogen (secondary N) is 1. The minimum Gasteiger partial charge on any atom is -0.424 e. The summed E-state index contributed by atoms with van der Waals surface area (Å²) in [5, 5.41) is 14.1. The molecule has 0 saturated heterocycles. The molecule has 0 bridgehead atoms. The molecule has 3 aromatic rings. The first-order valence-electron chi connectivity index (χ1n) is 11.6. The number of nitrogens with two attached hydrogens (primary N) is 1. The minimum atomic E-state index is -0.576. The van der Waals surface area contributed by atoms with Crippen LogP contribution in [0.5, 0.6) is 0 Å². The van der Waals surface area contributed by atoms with Gasteiger partial charge in [0.05, 0.1) is 6.10 Å². The SMILES string of the molecule is CC(C)CC(C[C@@H](O)[C@@H](N)Cc1ccccc1)c1ccc2nc(NCCN(C)C)oc2c1. The molecule has 0 radical (unpaired) electrons. The summed E-state index contributed by atoms with van der Waals surface area (Å²) in [5.41, 5.74) is 10.3. The molecule has 0 aliphatic heterocycles. The molecule has 6 nitrogen and oxygen atoms in total. The van der Waals surface area contributed by atoms with E-state index in [9.17, 15) is 5.11 Å². The number of oxazole rings is 1. The van der Waals surface area contributed by atoms with Crippen molar-refractivity contribution >= 4 is 17.1 Å². The Morgan fingerprint density at radius 2 is 1.84 bits per heavy atom. The smallest absolute Gasteiger partial charge is 0.295 e. The normalized spacial score (nSPS) is 14.8. The van der Waals surface area contributed by atoms with Crippen molar-refractivity contribution < 1.29 is 9.52 Å². The van der Waals surface area contributed by atoms with Crippen molar-refractivity contribution in [3.8, 4) is 0 Å². The van der Waals surface area contributed by atoms with Crippen LogP contribution in [0.2, 0.25) is 0 Å². The van der Waals surface area contributed by atoms with Gasteiger partial charge >= 0.3 is 0 Å². The zero-order chi connectivity index (χ0) is 23.1. The number of nitrogens with zero attached hydrogens (tertiary/aromatic N) is 2. The van der Waals surface area contributed by atoms with Crippen molar-refractivity contribution in [3.63, 3.8) is 0 Å². The van der Waals surface area contributed by atoms with Crippen LogP contribution >= 0.6 is 0 Å². The van der Waals surface area contributed by atoms with E-state index >= 15 is 0 Å². The Balaban J connectivity index is 1.71. The van der Waals surface area contributed by atoms with E-state index in [0.717, 1.165) is 41.7 Å². The van der Waals surface area contributed by atoms with Gasteiger partial charge in [-0.15, -0.1) is 0 Å². The Morgan fingerprint density at radius 1 is 1.09 bits per heavy atom. The van der Waals surface area contributed by atoms with Crippen molar-refractivity contribution in [1.82, 2.24) is 9.88 Å². The lowest BCUT2D eigenvalue weighted by Gasteiger charge is -2.26. The number of anilines is 1. The van der Waals surface area contributed by atoms with Crippen molar-refractivity contribution in [3.05, 3.63) is 59.7 Å². The molecule has 174 valence electrons. The largest absolute Gasteiger partial charge is 0.424 e. The molecule has 1 heterocycles. The van der Waals surface area contributed by atoms with E-state index in [2.05, 4.69) is 53.3 Å². The molecule has 0 fully saturated rings. The van der Waals surface area contributed by atoms with Gasteiger partial charge in [-0.1, -0.05) is 50.2 Å². The van der Waals surface area contributed by atoms with Crippen LogP contribution in [-0.2, 0) is 6.42 Å². The predicted molar refractivity (Wildman–Crippen MR) is 132 cm³/mol. The zero-order valence-corrected chi connectivity index (χ0v) is 19.8. The van der Waals surface area contributed by atoms with E-state index in [1.807, 2.05) is 38.4 Å². The molecule has 0 aliphatic carbocycles. The topological polar surface area (TPSA) is 87.5 Å². The first kappa shape index (κ1) is 24.2. The fourth-order valence-corrected chi connectivity index (χ4v) is 4.08. The molecule has 2 aromatic carbocycles. The summed E-state index contributed by atoms with van der Waals surface area (Å²) in [5.74, 6) is 0.706. The predicted octanol–water partition coefficient (Wildman–Crippen LogP) is 4.25. The van der Waals surface area contributed by atoms with Gasteiger partial charge in [-0.3, -0.25) is 0 Å². The molecule has 1 aromatic heterocycles. The Bertz CT molecular complexity index is 955. The Hall–Kier alpha value is -2.41. The van der Waals surface area contributed by atoms with Gasteiger partial charge in [0.1, 0.15) is 5.52 Å². The van der Waals surface area contributed by atoms with E-state index in [1.54, 1.807) is 0 Å². The summed E-state index contributed by atoms with van der Waals surface area (Å²) < 4.78 is 5.95. The number of hydrogen-bond donors (Lipinski definition) is 3. The summed E-state index contributed by atoms with van der Waals surface area (Å²) in [7, 11) is 4.07. The Morgan fingerprint density at radius 3 is 2.53 bits per heavy atom. The Kier molecular flexibility index (Phi) is 8.67. The summed E-state index contributed by atoms with van der Waals surface area (Å²) in [4.78, 5) is 6.65. The highest BCUT2D eigenvalue weighted by atomic mass is 16.4. The second-order valence-corrected chi connectivity index (χ2v) is 9.46. The van der Waals surface area contributed by atoms with Crippen LogP contribution in [0.3, 0.4) is 0 Å². The summed E-state index contributed by atoms with van der Waals surface area (Å²) in [6.07, 6.45) is 1.69. The van der Waals surface area contributed by atoms with Crippen LogP contribution in [-0.4, -0.2) is 54.3 Å². The number of aromatic nitrogens is 1. The molecule has 6 heteroatoms. The molecule has 0 aliphatic rings. The van der Waals surface area contributed by atoms with Crippen molar-refractivity contribution in [1.29, 1.82) is 0 Å². The second kappa shape index (κ2) is 11.5. The first-order chi connectivity index (χ1) is 15.3. The van der Waals surface area contributed by atoms with Crippen LogP contribution < -0.4 is 11.1 Å². The zero-order valence-electron chi connectivity index (χ0n) is 19.8. The molecular weight excluding hydrogens is 400 g/mol. The lowest BCUT2D eigenvalue weighted by atomic mass is 9.84. The fourth-order valence-electron chi connectivity index (χ4n) is 4.08. The summed E-state index contributed by atoms with van der Waals surface area (Å²) in [6.45, 7) is 6.10. The third kappa shape index (κ3) is 7.05. The molecular formula is C26H38N4O2. The van der Waals surface area contributed by atoms with Gasteiger partial charge in [0, 0.05) is 19.1 Å². The van der Waals surface area contributed by atoms with Crippen LogP contribution in [0.1, 0.15) is 43.7 Å². The number of aliphatic hydroxyl groups is 1. The van der Waals surface area contributed by atoms with Crippen LogP contribution in [0.25, 0.3) is 11.1 Å². The minimum absolute atomic E-state index is 0.200. The number of likely N-dealkylation sites (N-methyl/N-ethyl adjacent to an activating group) is 1. The van der Waals surface area contributed by atoms with Gasteiger partial charge in [-0.05, 0) is 68.5 Å². The molecule has 0 amide bonds. The van der Waals surface area contributed by atoms with Gasteiger partial charge in [-0.2, -0.15) is 4.98 Å². The number of aliphatic hydroxyl groups excluding tert-OH is 1. The van der Waals surface area contributed by atoms with Gasteiger partial charge in [0.2, 0.25) is 0 Å². The number of rotatable bonds is 12. The second-order valence-electron chi connectivity index (χ2n) is 9.46. The highest BCUT2D eigenvalue weighted by Gasteiger charge is 2.23. The number of fused-ring (bicyclic) bond motifs is 1. The molecule has 1 unspecified atom stereocenters. The maximum atomic E-state index is 10.9. The summed E-state index contributed by atoms with van der Waals surface area (Å²) >= 11 is 0. The van der Waals surface area contributed by atoms with Gasteiger partial charge in [-0.25, -0.2) is 0 Å². The highest BCUT2D eigenvalue weighted by Crippen LogP contribution is 2.32. The molecule has 3 atom stereocenters. The molecule has 4 N–H and O–H groups in total. The number of hydrogen-bond acceptors (Lipinski definition) is 6. The van der Waals surface area contributed by atoms with Crippen LogP contribution in [0.4, 0.5) is 6.01 Å².